The van der Waals surface area contributed by atoms with Crippen molar-refractivity contribution in [3.63, 3.8) is 0 Å². The minimum Gasteiger partial charge on any atom is -0.469 e. The van der Waals surface area contributed by atoms with Crippen LogP contribution in [-0.2, 0) is 9.53 Å². The average Bonchev–Trinajstić information content (AvgIpc) is 3.23. The monoisotopic (exact) mass is 333 g/mol. The summed E-state index contributed by atoms with van der Waals surface area (Å²) in [6, 6.07) is 10.6. The minimum absolute atomic E-state index is 0.227. The van der Waals surface area contributed by atoms with Gasteiger partial charge in [-0.25, -0.2) is 0 Å². The lowest BCUT2D eigenvalue weighted by Crippen LogP contribution is -2.29. The molecule has 3 rings (SSSR count). The van der Waals surface area contributed by atoms with Gasteiger partial charge in [-0.3, -0.25) is 9.59 Å². The zero-order valence-corrected chi connectivity index (χ0v) is 13.4. The van der Waals surface area contributed by atoms with E-state index in [2.05, 4.69) is 0 Å². The first-order chi connectivity index (χ1) is 11.1. The number of esters is 1. The quantitative estimate of drug-likeness (QED) is 0.809. The standard InChI is InChI=1S/C17H16ClNO4/c1-22-17(21)11-8-9-19(10-11)16(20)15-7-6-14(23-15)12-4-2-3-5-13(12)18/h2-7,11H,8-10H2,1H3. The molecule has 1 atom stereocenters. The molecule has 6 heteroatoms. The third-order valence-corrected chi connectivity index (χ3v) is 4.30. The van der Waals surface area contributed by atoms with Gasteiger partial charge in [-0.05, 0) is 30.7 Å². The second-order valence-electron chi connectivity index (χ2n) is 5.40. The van der Waals surface area contributed by atoms with Crippen molar-refractivity contribution in [2.24, 2.45) is 5.92 Å². The maximum Gasteiger partial charge on any atom is 0.310 e. The van der Waals surface area contributed by atoms with Crippen molar-refractivity contribution in [3.8, 4) is 11.3 Å². The Hall–Kier alpha value is -2.27. The van der Waals surface area contributed by atoms with Gasteiger partial charge in [0.1, 0.15) is 5.76 Å². The first kappa shape index (κ1) is 15.6. The lowest BCUT2D eigenvalue weighted by Gasteiger charge is -2.14. The van der Waals surface area contributed by atoms with Gasteiger partial charge in [0.05, 0.1) is 18.1 Å². The first-order valence-corrected chi connectivity index (χ1v) is 7.70. The molecule has 120 valence electrons. The van der Waals surface area contributed by atoms with Crippen molar-refractivity contribution >= 4 is 23.5 Å². The Morgan fingerprint density at radius 1 is 1.26 bits per heavy atom. The van der Waals surface area contributed by atoms with Gasteiger partial charge < -0.3 is 14.1 Å². The number of likely N-dealkylation sites (tertiary alicyclic amines) is 1. The van der Waals surface area contributed by atoms with Crippen LogP contribution in [0.25, 0.3) is 11.3 Å². The second-order valence-corrected chi connectivity index (χ2v) is 5.81. The fourth-order valence-electron chi connectivity index (χ4n) is 2.72. The molecule has 1 saturated heterocycles. The van der Waals surface area contributed by atoms with E-state index in [-0.39, 0.29) is 23.6 Å². The molecule has 0 saturated carbocycles. The van der Waals surface area contributed by atoms with E-state index >= 15 is 0 Å². The number of amides is 1. The van der Waals surface area contributed by atoms with Crippen molar-refractivity contribution in [3.05, 3.63) is 47.2 Å². The van der Waals surface area contributed by atoms with Crippen LogP contribution in [-0.4, -0.2) is 37.0 Å². The maximum atomic E-state index is 12.5. The molecule has 0 spiro atoms. The summed E-state index contributed by atoms with van der Waals surface area (Å²) in [6.07, 6.45) is 0.608. The molecule has 1 fully saturated rings. The highest BCUT2D eigenvalue weighted by Crippen LogP contribution is 2.30. The zero-order valence-electron chi connectivity index (χ0n) is 12.6. The lowest BCUT2D eigenvalue weighted by molar-refractivity contribution is -0.144. The summed E-state index contributed by atoms with van der Waals surface area (Å²) in [6.45, 7) is 0.869. The first-order valence-electron chi connectivity index (χ1n) is 7.32. The van der Waals surface area contributed by atoms with E-state index < -0.39 is 0 Å². The number of carbonyl (C=O) groups is 2. The number of hydrogen-bond acceptors (Lipinski definition) is 4. The molecule has 1 amide bonds. The van der Waals surface area contributed by atoms with E-state index in [9.17, 15) is 9.59 Å². The van der Waals surface area contributed by atoms with Crippen LogP contribution < -0.4 is 0 Å². The molecular weight excluding hydrogens is 318 g/mol. The molecule has 23 heavy (non-hydrogen) atoms. The highest BCUT2D eigenvalue weighted by atomic mass is 35.5. The number of halogens is 1. The molecular formula is C17H16ClNO4. The maximum absolute atomic E-state index is 12.5. The van der Waals surface area contributed by atoms with Crippen LogP contribution in [0.15, 0.2) is 40.8 Å². The van der Waals surface area contributed by atoms with Gasteiger partial charge in [0.25, 0.3) is 5.91 Å². The Morgan fingerprint density at radius 3 is 2.78 bits per heavy atom. The summed E-state index contributed by atoms with van der Waals surface area (Å²) < 4.78 is 10.4. The minimum atomic E-state index is -0.281. The Balaban J connectivity index is 1.75. The van der Waals surface area contributed by atoms with Gasteiger partial charge in [-0.2, -0.15) is 0 Å². The van der Waals surface area contributed by atoms with Crippen molar-refractivity contribution in [1.29, 1.82) is 0 Å². The summed E-state index contributed by atoms with van der Waals surface area (Å²) in [5.41, 5.74) is 0.738. The van der Waals surface area contributed by atoms with E-state index in [4.69, 9.17) is 20.8 Å². The molecule has 2 aromatic rings. The van der Waals surface area contributed by atoms with Gasteiger partial charge in [-0.1, -0.05) is 23.7 Å². The number of hydrogen-bond donors (Lipinski definition) is 0. The lowest BCUT2D eigenvalue weighted by atomic mass is 10.1. The number of methoxy groups -OCH3 is 1. The van der Waals surface area contributed by atoms with E-state index in [1.807, 2.05) is 18.2 Å². The van der Waals surface area contributed by atoms with E-state index in [1.54, 1.807) is 23.1 Å². The molecule has 1 aromatic heterocycles. The number of rotatable bonds is 3. The fraction of sp³-hybridized carbons (Fsp3) is 0.294. The third kappa shape index (κ3) is 3.10. The smallest absolute Gasteiger partial charge is 0.310 e. The zero-order chi connectivity index (χ0) is 16.4. The molecule has 1 aromatic carbocycles. The van der Waals surface area contributed by atoms with E-state index in [0.717, 1.165) is 5.56 Å². The average molecular weight is 334 g/mol. The summed E-state index contributed by atoms with van der Waals surface area (Å²) in [5, 5.41) is 0.563. The van der Waals surface area contributed by atoms with Gasteiger partial charge >= 0.3 is 5.97 Å². The number of ether oxygens (including phenoxy) is 1. The van der Waals surface area contributed by atoms with Crippen LogP contribution in [0.3, 0.4) is 0 Å². The molecule has 1 aliphatic rings. The normalized spacial score (nSPS) is 17.3. The fourth-order valence-corrected chi connectivity index (χ4v) is 2.95. The highest BCUT2D eigenvalue weighted by Gasteiger charge is 2.33. The van der Waals surface area contributed by atoms with Crippen molar-refractivity contribution in [1.82, 2.24) is 4.90 Å². The largest absolute Gasteiger partial charge is 0.469 e. The molecule has 0 bridgehead atoms. The van der Waals surface area contributed by atoms with Crippen LogP contribution in [0.5, 0.6) is 0 Å². The Morgan fingerprint density at radius 2 is 2.04 bits per heavy atom. The molecule has 0 aliphatic carbocycles. The third-order valence-electron chi connectivity index (χ3n) is 3.97. The summed E-state index contributed by atoms with van der Waals surface area (Å²) in [7, 11) is 1.36. The van der Waals surface area contributed by atoms with Gasteiger partial charge in [0.15, 0.2) is 5.76 Å². The van der Waals surface area contributed by atoms with Crippen molar-refractivity contribution in [2.45, 2.75) is 6.42 Å². The number of carbonyl (C=O) groups excluding carboxylic acids is 2. The molecule has 1 aliphatic heterocycles. The number of nitrogens with zero attached hydrogens (tertiary/aromatic N) is 1. The van der Waals surface area contributed by atoms with Crippen molar-refractivity contribution in [2.75, 3.05) is 20.2 Å². The predicted molar refractivity (Wildman–Crippen MR) is 85.2 cm³/mol. The molecule has 2 heterocycles. The molecule has 1 unspecified atom stereocenters. The predicted octanol–water partition coefficient (Wildman–Crippen LogP) is 3.24. The summed E-state index contributed by atoms with van der Waals surface area (Å²) in [5.74, 6) is 0.0151. The Labute approximate surface area is 138 Å². The van der Waals surface area contributed by atoms with Gasteiger partial charge in [0.2, 0.25) is 0 Å². The molecule has 0 N–H and O–H groups in total. The topological polar surface area (TPSA) is 59.8 Å². The van der Waals surface area contributed by atoms with Crippen LogP contribution in [0.2, 0.25) is 5.02 Å². The van der Waals surface area contributed by atoms with E-state index in [1.165, 1.54) is 7.11 Å². The Bertz CT molecular complexity index is 740. The van der Waals surface area contributed by atoms with Crippen molar-refractivity contribution < 1.29 is 18.7 Å². The SMILES string of the molecule is COC(=O)C1CCN(C(=O)c2ccc(-c3ccccc3Cl)o2)C1. The van der Waals surface area contributed by atoms with Crippen LogP contribution in [0, 0.1) is 5.92 Å². The molecule has 0 radical (unpaired) electrons. The van der Waals surface area contributed by atoms with Crippen LogP contribution >= 0.6 is 11.6 Å². The van der Waals surface area contributed by atoms with Gasteiger partial charge in [-0.15, -0.1) is 0 Å². The van der Waals surface area contributed by atoms with Crippen LogP contribution in [0.4, 0.5) is 0 Å². The molecule has 5 nitrogen and oxygen atoms in total. The highest BCUT2D eigenvalue weighted by molar-refractivity contribution is 6.33. The summed E-state index contributed by atoms with van der Waals surface area (Å²) in [4.78, 5) is 25.6. The van der Waals surface area contributed by atoms with Crippen LogP contribution in [0.1, 0.15) is 17.0 Å². The van der Waals surface area contributed by atoms with Gasteiger partial charge in [0, 0.05) is 18.7 Å². The summed E-state index contributed by atoms with van der Waals surface area (Å²) >= 11 is 6.14. The Kier molecular flexibility index (Phi) is 4.39. The van der Waals surface area contributed by atoms with E-state index in [0.29, 0.717) is 30.3 Å². The second kappa shape index (κ2) is 6.46. The number of furan rings is 1. The number of benzene rings is 1.